The second kappa shape index (κ2) is 8.37. The zero-order valence-electron chi connectivity index (χ0n) is 17.2. The molecule has 152 valence electrons. The van der Waals surface area contributed by atoms with Crippen LogP contribution in [0.25, 0.3) is 12.2 Å². The molecular weight excluding hydrogens is 380 g/mol. The van der Waals surface area contributed by atoms with E-state index in [4.69, 9.17) is 0 Å². The maximum absolute atomic E-state index is 10.3. The van der Waals surface area contributed by atoms with Crippen LogP contribution in [0.2, 0.25) is 0 Å². The molecular formula is C29H24O2. The van der Waals surface area contributed by atoms with E-state index in [0.717, 1.165) is 22.3 Å². The van der Waals surface area contributed by atoms with Crippen LogP contribution in [0.4, 0.5) is 0 Å². The van der Waals surface area contributed by atoms with Gasteiger partial charge in [0.25, 0.3) is 0 Å². The number of hydrogen-bond acceptors (Lipinski definition) is 2. The minimum absolute atomic E-state index is 0.186. The Labute approximate surface area is 183 Å². The van der Waals surface area contributed by atoms with Gasteiger partial charge in [-0.15, -0.1) is 0 Å². The zero-order chi connectivity index (χ0) is 21.8. The molecule has 0 spiro atoms. The maximum atomic E-state index is 10.3. The minimum Gasteiger partial charge on any atom is -0.507 e. The van der Waals surface area contributed by atoms with Crippen molar-refractivity contribution in [2.75, 3.05) is 0 Å². The van der Waals surface area contributed by atoms with Crippen LogP contribution in [-0.2, 0) is 5.41 Å². The molecule has 31 heavy (non-hydrogen) atoms. The Kier molecular flexibility index (Phi) is 5.46. The van der Waals surface area contributed by atoms with Gasteiger partial charge in [-0.1, -0.05) is 98.1 Å². The summed E-state index contributed by atoms with van der Waals surface area (Å²) in [5, 5.41) is 20.6. The first-order chi connectivity index (χ1) is 15.1. The fourth-order valence-corrected chi connectivity index (χ4v) is 4.28. The number of benzene rings is 4. The van der Waals surface area contributed by atoms with Crippen molar-refractivity contribution in [3.8, 4) is 11.5 Å². The normalized spacial score (nSPS) is 11.1. The van der Waals surface area contributed by atoms with E-state index in [0.29, 0.717) is 11.1 Å². The van der Waals surface area contributed by atoms with Gasteiger partial charge >= 0.3 is 0 Å². The molecule has 0 aromatic heterocycles. The Morgan fingerprint density at radius 1 is 0.516 bits per heavy atom. The summed E-state index contributed by atoms with van der Waals surface area (Å²) < 4.78 is 0. The van der Waals surface area contributed by atoms with Crippen molar-refractivity contribution in [3.63, 3.8) is 0 Å². The quantitative estimate of drug-likeness (QED) is 0.348. The predicted molar refractivity (Wildman–Crippen MR) is 128 cm³/mol. The second-order valence-corrected chi connectivity index (χ2v) is 7.44. The highest BCUT2D eigenvalue weighted by molar-refractivity contribution is 5.67. The lowest BCUT2D eigenvalue weighted by Gasteiger charge is -2.37. The number of phenolic OH excluding ortho intramolecular Hbond substituents is 2. The molecule has 2 nitrogen and oxygen atoms in total. The molecule has 0 radical (unpaired) electrons. The van der Waals surface area contributed by atoms with Gasteiger partial charge in [0.15, 0.2) is 0 Å². The number of hydrogen-bond donors (Lipinski definition) is 2. The van der Waals surface area contributed by atoms with Gasteiger partial charge in [0.1, 0.15) is 11.5 Å². The van der Waals surface area contributed by atoms with Crippen LogP contribution in [0.1, 0.15) is 33.4 Å². The van der Waals surface area contributed by atoms with Gasteiger partial charge in [-0.25, -0.2) is 0 Å². The topological polar surface area (TPSA) is 40.5 Å². The van der Waals surface area contributed by atoms with Crippen LogP contribution in [0.5, 0.6) is 11.5 Å². The van der Waals surface area contributed by atoms with Gasteiger partial charge in [0.05, 0.1) is 5.41 Å². The summed E-state index contributed by atoms with van der Waals surface area (Å²) in [4.78, 5) is 0. The van der Waals surface area contributed by atoms with Gasteiger partial charge in [0.2, 0.25) is 0 Å². The van der Waals surface area contributed by atoms with Crippen molar-refractivity contribution < 1.29 is 10.2 Å². The van der Waals surface area contributed by atoms with E-state index in [1.807, 2.05) is 60.7 Å². The lowest BCUT2D eigenvalue weighted by molar-refractivity contribution is 0.473. The van der Waals surface area contributed by atoms with Crippen LogP contribution in [0, 0.1) is 0 Å². The Balaban J connectivity index is 2.18. The highest BCUT2D eigenvalue weighted by atomic mass is 16.3. The van der Waals surface area contributed by atoms with E-state index in [-0.39, 0.29) is 11.5 Å². The average Bonchev–Trinajstić information content (AvgIpc) is 2.82. The standard InChI is InChI=1S/C29H24O2/c1-3-21-19-25(15-17-27(21)30)29(23-11-7-5-8-12-23,24-13-9-6-10-14-24)26-16-18-28(31)22(4-2)20-26/h3-20,30-31H,1-2H2. The van der Waals surface area contributed by atoms with Crippen LogP contribution >= 0.6 is 0 Å². The van der Waals surface area contributed by atoms with Gasteiger partial charge < -0.3 is 10.2 Å². The molecule has 0 saturated carbocycles. The first kappa shape index (κ1) is 20.2. The summed E-state index contributed by atoms with van der Waals surface area (Å²) in [6.45, 7) is 7.73. The molecule has 0 unspecified atom stereocenters. The van der Waals surface area contributed by atoms with Crippen LogP contribution in [0.3, 0.4) is 0 Å². The summed E-state index contributed by atoms with van der Waals surface area (Å²) in [6.07, 6.45) is 3.32. The van der Waals surface area contributed by atoms with Crippen LogP contribution < -0.4 is 0 Å². The van der Waals surface area contributed by atoms with Gasteiger partial charge in [-0.2, -0.15) is 0 Å². The van der Waals surface area contributed by atoms with E-state index in [2.05, 4.69) is 37.4 Å². The SMILES string of the molecule is C=Cc1cc(C(c2ccccc2)(c2ccccc2)c2ccc(O)c(C=C)c2)ccc1O. The van der Waals surface area contributed by atoms with Crippen molar-refractivity contribution in [3.05, 3.63) is 144 Å². The molecule has 4 aromatic carbocycles. The van der Waals surface area contributed by atoms with E-state index < -0.39 is 5.41 Å². The Morgan fingerprint density at radius 3 is 1.26 bits per heavy atom. The molecule has 4 rings (SSSR count). The monoisotopic (exact) mass is 404 g/mol. The highest BCUT2D eigenvalue weighted by Gasteiger charge is 2.38. The van der Waals surface area contributed by atoms with E-state index >= 15 is 0 Å². The van der Waals surface area contributed by atoms with E-state index in [9.17, 15) is 10.2 Å². The van der Waals surface area contributed by atoms with Crippen LogP contribution in [0.15, 0.2) is 110 Å². The van der Waals surface area contributed by atoms with E-state index in [1.54, 1.807) is 24.3 Å². The third kappa shape index (κ3) is 3.43. The lowest BCUT2D eigenvalue weighted by Crippen LogP contribution is -2.31. The highest BCUT2D eigenvalue weighted by Crippen LogP contribution is 2.46. The number of aromatic hydroxyl groups is 2. The predicted octanol–water partition coefficient (Wildman–Crippen LogP) is 6.77. The second-order valence-electron chi connectivity index (χ2n) is 7.44. The summed E-state index contributed by atoms with van der Waals surface area (Å²) in [5.74, 6) is 0.373. The molecule has 0 atom stereocenters. The first-order valence-electron chi connectivity index (χ1n) is 10.1. The summed E-state index contributed by atoms with van der Waals surface area (Å²) in [7, 11) is 0. The third-order valence-electron chi connectivity index (χ3n) is 5.77. The Morgan fingerprint density at radius 2 is 0.903 bits per heavy atom. The van der Waals surface area contributed by atoms with E-state index in [1.165, 1.54) is 0 Å². The molecule has 4 aromatic rings. The largest absolute Gasteiger partial charge is 0.507 e. The molecule has 0 aliphatic carbocycles. The molecule has 2 heteroatoms. The maximum Gasteiger partial charge on any atom is 0.122 e. The smallest absolute Gasteiger partial charge is 0.122 e. The molecule has 0 bridgehead atoms. The van der Waals surface area contributed by atoms with Crippen molar-refractivity contribution in [1.82, 2.24) is 0 Å². The average molecular weight is 405 g/mol. The van der Waals surface area contributed by atoms with Crippen molar-refractivity contribution in [2.45, 2.75) is 5.41 Å². The Bertz CT molecular complexity index is 1130. The molecule has 0 amide bonds. The molecule has 0 saturated heterocycles. The van der Waals surface area contributed by atoms with Gasteiger partial charge in [-0.05, 0) is 46.5 Å². The lowest BCUT2D eigenvalue weighted by atomic mass is 9.64. The van der Waals surface area contributed by atoms with Gasteiger partial charge in [-0.3, -0.25) is 0 Å². The Hall–Kier alpha value is -4.04. The zero-order valence-corrected chi connectivity index (χ0v) is 17.2. The van der Waals surface area contributed by atoms with Crippen LogP contribution in [-0.4, -0.2) is 10.2 Å². The molecule has 0 aliphatic rings. The molecule has 0 aliphatic heterocycles. The fourth-order valence-electron chi connectivity index (χ4n) is 4.28. The summed E-state index contributed by atoms with van der Waals surface area (Å²) >= 11 is 0. The first-order valence-corrected chi connectivity index (χ1v) is 10.1. The number of rotatable bonds is 6. The number of phenols is 2. The summed E-state index contributed by atoms with van der Waals surface area (Å²) in [5.41, 5.74) is 4.76. The van der Waals surface area contributed by atoms with Crippen molar-refractivity contribution in [2.24, 2.45) is 0 Å². The minimum atomic E-state index is -0.681. The molecule has 0 fully saturated rings. The molecule has 0 heterocycles. The third-order valence-corrected chi connectivity index (χ3v) is 5.77. The van der Waals surface area contributed by atoms with Crippen molar-refractivity contribution in [1.29, 1.82) is 0 Å². The fraction of sp³-hybridized carbons (Fsp3) is 0.0345. The van der Waals surface area contributed by atoms with Gasteiger partial charge in [0, 0.05) is 11.1 Å². The summed E-state index contributed by atoms with van der Waals surface area (Å²) in [6, 6.07) is 31.8. The molecule has 2 N–H and O–H groups in total. The van der Waals surface area contributed by atoms with Crippen molar-refractivity contribution >= 4 is 12.2 Å².